The number of hydrogen-bond acceptors (Lipinski definition) is 8. The summed E-state index contributed by atoms with van der Waals surface area (Å²) in [5, 5.41) is 16.1. The molecule has 4 rings (SSSR count). The van der Waals surface area contributed by atoms with Crippen molar-refractivity contribution in [1.29, 1.82) is 0 Å². The van der Waals surface area contributed by atoms with E-state index in [4.69, 9.17) is 0 Å². The van der Waals surface area contributed by atoms with Gasteiger partial charge in [0.1, 0.15) is 17.5 Å². The number of fused-ring (bicyclic) bond motifs is 1. The average molecular weight is 540 g/mol. The number of benzene rings is 1. The van der Waals surface area contributed by atoms with Gasteiger partial charge in [-0.15, -0.1) is 11.8 Å². The number of β-lactam (4-membered cyclic amide) rings is 1. The largest absolute Gasteiger partial charge is 1.00 e. The van der Waals surface area contributed by atoms with E-state index in [1.54, 1.807) is 51.1 Å². The van der Waals surface area contributed by atoms with Crippen molar-refractivity contribution in [1.82, 2.24) is 25.3 Å². The Morgan fingerprint density at radius 1 is 1.11 bits per heavy atom. The number of aliphatic carboxylic acids is 1. The molecule has 3 saturated heterocycles. The Hall–Kier alpha value is -2.61. The summed E-state index contributed by atoms with van der Waals surface area (Å²) in [6, 6.07) is 3.92. The summed E-state index contributed by atoms with van der Waals surface area (Å²) in [6.07, 6.45) is 0. The quantitative estimate of drug-likeness (QED) is 0.208. The Morgan fingerprint density at radius 2 is 1.76 bits per heavy atom. The molecule has 192 valence electrons. The topological polar surface area (TPSA) is 159 Å². The number of piperazine rings is 1. The number of rotatable bonds is 6. The Kier molecular flexibility index (Phi) is 8.62. The van der Waals surface area contributed by atoms with Gasteiger partial charge in [-0.25, -0.2) is 4.79 Å². The first-order chi connectivity index (χ1) is 17.0. The number of carbonyl (C=O) groups is 6. The maximum Gasteiger partial charge on any atom is 1.00 e. The third-order valence-corrected chi connectivity index (χ3v) is 8.13. The van der Waals surface area contributed by atoms with Crippen LogP contribution in [0.25, 0.3) is 0 Å². The smallest absolute Gasteiger partial charge is 0.548 e. The molecule has 0 aliphatic carbocycles. The van der Waals surface area contributed by atoms with Crippen LogP contribution < -0.4 is 45.3 Å². The van der Waals surface area contributed by atoms with Crippen LogP contribution in [0, 0.1) is 0 Å². The molecule has 2 N–H and O–H groups in total. The molecule has 4 atom stereocenters. The van der Waals surface area contributed by atoms with E-state index in [9.17, 15) is 33.9 Å². The summed E-state index contributed by atoms with van der Waals surface area (Å²) in [7, 11) is 0. The van der Waals surface area contributed by atoms with E-state index in [-0.39, 0.29) is 42.6 Å². The number of thioether (sulfide) groups is 1. The van der Waals surface area contributed by atoms with Crippen molar-refractivity contribution < 1.29 is 63.4 Å². The molecule has 3 aliphatic rings. The number of hydrogen-bond donors (Lipinski definition) is 2. The van der Waals surface area contributed by atoms with E-state index < -0.39 is 63.9 Å². The maximum absolute atomic E-state index is 13.3. The third kappa shape index (κ3) is 5.22. The van der Waals surface area contributed by atoms with Gasteiger partial charge in [0.05, 0.1) is 12.0 Å². The first-order valence-corrected chi connectivity index (χ1v) is 12.3. The zero-order valence-electron chi connectivity index (χ0n) is 20.9. The molecule has 14 heteroatoms. The molecule has 1 aromatic rings. The number of carboxylic acid groups (broad SMARTS) is 1. The van der Waals surface area contributed by atoms with Crippen LogP contribution in [-0.2, 0) is 24.0 Å². The fourth-order valence-electron chi connectivity index (χ4n) is 4.68. The van der Waals surface area contributed by atoms with Gasteiger partial charge in [-0.05, 0) is 26.3 Å². The van der Waals surface area contributed by atoms with Gasteiger partial charge in [-0.2, -0.15) is 0 Å². The minimum Gasteiger partial charge on any atom is -0.548 e. The number of imide groups is 1. The van der Waals surface area contributed by atoms with Crippen molar-refractivity contribution in [3.05, 3.63) is 35.9 Å². The molecule has 0 aromatic heterocycles. The van der Waals surface area contributed by atoms with Crippen LogP contribution in [0.2, 0.25) is 0 Å². The number of carboxylic acids is 1. The van der Waals surface area contributed by atoms with Gasteiger partial charge in [-0.1, -0.05) is 30.3 Å². The second-order valence-corrected chi connectivity index (χ2v) is 11.0. The molecular weight excluding hydrogens is 513 g/mol. The first kappa shape index (κ1) is 29.0. The number of likely N-dealkylation sites (N-methyl/N-ethyl adjacent to an activating group) is 1. The average Bonchev–Trinajstić information content (AvgIpc) is 3.10. The number of carbonyl (C=O) groups excluding carboxylic acids is 6. The van der Waals surface area contributed by atoms with Crippen LogP contribution >= 0.6 is 11.8 Å². The molecular formula is C23H26N5NaO7S. The second-order valence-electron chi connectivity index (χ2n) is 9.20. The predicted molar refractivity (Wildman–Crippen MR) is 125 cm³/mol. The van der Waals surface area contributed by atoms with Gasteiger partial charge in [0.25, 0.3) is 0 Å². The van der Waals surface area contributed by atoms with E-state index in [0.717, 1.165) is 4.90 Å². The SMILES string of the molecule is CCN1CCN(C(=O)NC(C(=O)NC2C(=O)N3C2SC(C)(C)C3C(=O)[O-])c2ccccc2)C(=O)C1=O.[Na+]. The van der Waals surface area contributed by atoms with E-state index >= 15 is 0 Å². The second kappa shape index (κ2) is 11.0. The molecule has 3 aliphatic heterocycles. The van der Waals surface area contributed by atoms with Crippen LogP contribution in [0.5, 0.6) is 0 Å². The summed E-state index contributed by atoms with van der Waals surface area (Å²) in [5.41, 5.74) is 0.393. The zero-order valence-corrected chi connectivity index (χ0v) is 23.7. The van der Waals surface area contributed by atoms with E-state index in [1.807, 2.05) is 0 Å². The van der Waals surface area contributed by atoms with E-state index in [0.29, 0.717) is 12.1 Å². The maximum atomic E-state index is 13.3. The predicted octanol–water partition coefficient (Wildman–Crippen LogP) is -4.57. The standard InChI is InChI=1S/C23H27N5O7S.Na/c1-4-26-10-11-27(19(32)18(26)31)22(35)25-13(12-8-6-5-7-9-12)16(29)24-14-17(30)28-15(21(33)34)23(2,3)36-20(14)28;/h5-9,13-15,20H,4,10-11H2,1-3H3,(H,24,29)(H,25,35)(H,33,34);/q;+1/p-1. The number of nitrogens with one attached hydrogen (secondary N) is 2. The molecule has 0 saturated carbocycles. The van der Waals surface area contributed by atoms with Gasteiger partial charge in [0.15, 0.2) is 0 Å². The zero-order chi connectivity index (χ0) is 26.4. The third-order valence-electron chi connectivity index (χ3n) is 6.56. The molecule has 1 aromatic carbocycles. The first-order valence-electron chi connectivity index (χ1n) is 11.5. The van der Waals surface area contributed by atoms with Gasteiger partial charge < -0.3 is 30.3 Å². The Balaban J connectivity index is 0.00000380. The normalized spacial score (nSPS) is 25.0. The fraction of sp³-hybridized carbons (Fsp3) is 0.478. The molecule has 3 heterocycles. The van der Waals surface area contributed by atoms with Gasteiger partial charge in [0, 0.05) is 24.4 Å². The van der Waals surface area contributed by atoms with Crippen LogP contribution in [-0.4, -0.2) is 92.2 Å². The van der Waals surface area contributed by atoms with Crippen molar-refractivity contribution in [2.75, 3.05) is 19.6 Å². The van der Waals surface area contributed by atoms with Crippen molar-refractivity contribution in [2.45, 2.75) is 49.0 Å². The summed E-state index contributed by atoms with van der Waals surface area (Å²) in [6.45, 7) is 5.58. The Morgan fingerprint density at radius 3 is 2.35 bits per heavy atom. The van der Waals surface area contributed by atoms with E-state index in [1.165, 1.54) is 21.6 Å². The molecule has 6 amide bonds. The number of amides is 6. The van der Waals surface area contributed by atoms with Gasteiger partial charge in [0.2, 0.25) is 11.8 Å². The minimum absolute atomic E-state index is 0. The monoisotopic (exact) mass is 539 g/mol. The summed E-state index contributed by atoms with van der Waals surface area (Å²) in [4.78, 5) is 78.6. The van der Waals surface area contributed by atoms with Crippen LogP contribution in [0.4, 0.5) is 4.79 Å². The van der Waals surface area contributed by atoms with Crippen LogP contribution in [0.3, 0.4) is 0 Å². The molecule has 12 nitrogen and oxygen atoms in total. The van der Waals surface area contributed by atoms with Crippen LogP contribution in [0.15, 0.2) is 30.3 Å². The van der Waals surface area contributed by atoms with E-state index in [2.05, 4.69) is 10.6 Å². The van der Waals surface area contributed by atoms with Crippen molar-refractivity contribution in [2.24, 2.45) is 0 Å². The fourth-order valence-corrected chi connectivity index (χ4v) is 6.30. The van der Waals surface area contributed by atoms with Crippen molar-refractivity contribution in [3.63, 3.8) is 0 Å². The van der Waals surface area contributed by atoms with Crippen molar-refractivity contribution >= 4 is 47.4 Å². The molecule has 4 unspecified atom stereocenters. The molecule has 37 heavy (non-hydrogen) atoms. The molecule has 0 bridgehead atoms. The summed E-state index contributed by atoms with van der Waals surface area (Å²) < 4.78 is -0.820. The molecule has 0 spiro atoms. The van der Waals surface area contributed by atoms with Gasteiger partial charge in [-0.3, -0.25) is 24.1 Å². The molecule has 3 fully saturated rings. The van der Waals surface area contributed by atoms with Gasteiger partial charge >= 0.3 is 47.4 Å². The Bertz CT molecular complexity index is 1130. The summed E-state index contributed by atoms with van der Waals surface area (Å²) in [5.74, 6) is -4.44. The van der Waals surface area contributed by atoms with Crippen LogP contribution in [0.1, 0.15) is 32.4 Å². The molecule has 0 radical (unpaired) electrons. The number of nitrogens with zero attached hydrogens (tertiary/aromatic N) is 3. The Labute approximate surface area is 239 Å². The summed E-state index contributed by atoms with van der Waals surface area (Å²) >= 11 is 1.24. The van der Waals surface area contributed by atoms with Crippen molar-refractivity contribution in [3.8, 4) is 0 Å². The minimum atomic E-state index is -1.37. The number of urea groups is 1.